The van der Waals surface area contributed by atoms with E-state index in [0.717, 1.165) is 26.7 Å². The van der Waals surface area contributed by atoms with E-state index in [0.29, 0.717) is 31.7 Å². The minimum atomic E-state index is -4.80. The summed E-state index contributed by atoms with van der Waals surface area (Å²) < 4.78 is 55.7. The Morgan fingerprint density at radius 3 is 2.32 bits per heavy atom. The standard InChI is InChI=1S/C23H19F4N5OS/c1-14(30-10-12-31(13-11-30)16-8-6-15(24)7-9-16)19-20(23(25,26)27)29-32(21(19)33)22-28-17-4-2-3-5-18(17)34-22/h2-9H,10-13H2,1H3/b19-14+. The van der Waals surface area contributed by atoms with Crippen LogP contribution in [0.4, 0.5) is 28.4 Å². The predicted octanol–water partition coefficient (Wildman–Crippen LogP) is 4.80. The number of aromatic nitrogens is 1. The zero-order valence-corrected chi connectivity index (χ0v) is 18.8. The molecule has 0 spiro atoms. The van der Waals surface area contributed by atoms with Gasteiger partial charge in [0.1, 0.15) is 5.82 Å². The van der Waals surface area contributed by atoms with E-state index < -0.39 is 23.4 Å². The molecular formula is C23H19F4N5OS. The molecule has 5 rings (SSSR count). The first kappa shape index (κ1) is 22.3. The second-order valence-corrected chi connectivity index (χ2v) is 8.95. The number of hydrogen-bond donors (Lipinski definition) is 0. The van der Waals surface area contributed by atoms with Crippen molar-refractivity contribution in [3.8, 4) is 0 Å². The molecular weight excluding hydrogens is 470 g/mol. The highest BCUT2D eigenvalue weighted by atomic mass is 32.1. The van der Waals surface area contributed by atoms with E-state index in [1.807, 2.05) is 4.90 Å². The number of alkyl halides is 3. The maximum absolute atomic E-state index is 13.9. The van der Waals surface area contributed by atoms with E-state index in [1.165, 1.54) is 19.1 Å². The van der Waals surface area contributed by atoms with E-state index in [4.69, 9.17) is 0 Å². The Bertz CT molecular complexity index is 1270. The van der Waals surface area contributed by atoms with Crippen molar-refractivity contribution in [3.63, 3.8) is 0 Å². The Balaban J connectivity index is 1.43. The van der Waals surface area contributed by atoms with Crippen LogP contribution in [0.2, 0.25) is 0 Å². The van der Waals surface area contributed by atoms with Gasteiger partial charge in [-0.2, -0.15) is 23.3 Å². The fourth-order valence-electron chi connectivity index (χ4n) is 4.12. The van der Waals surface area contributed by atoms with Crippen LogP contribution in [-0.4, -0.2) is 53.9 Å². The molecule has 1 amide bonds. The highest BCUT2D eigenvalue weighted by molar-refractivity contribution is 7.22. The number of hydrazone groups is 1. The summed E-state index contributed by atoms with van der Waals surface area (Å²) in [5.74, 6) is -1.18. The lowest BCUT2D eigenvalue weighted by molar-refractivity contribution is -0.114. The van der Waals surface area contributed by atoms with Crippen LogP contribution >= 0.6 is 11.3 Å². The third-order valence-corrected chi connectivity index (χ3v) is 6.89. The molecule has 1 aromatic heterocycles. The Morgan fingerprint density at radius 1 is 1.00 bits per heavy atom. The summed E-state index contributed by atoms with van der Waals surface area (Å²) in [6, 6.07) is 13.2. The lowest BCUT2D eigenvalue weighted by Crippen LogP contribution is -2.46. The van der Waals surface area contributed by atoms with Crippen molar-refractivity contribution in [1.82, 2.24) is 9.88 Å². The molecule has 11 heteroatoms. The van der Waals surface area contributed by atoms with Crippen molar-refractivity contribution in [3.05, 3.63) is 65.6 Å². The van der Waals surface area contributed by atoms with Gasteiger partial charge in [0.2, 0.25) is 5.13 Å². The molecule has 0 N–H and O–H groups in total. The number of piperazine rings is 1. The van der Waals surface area contributed by atoms with Crippen LogP contribution in [-0.2, 0) is 4.79 Å². The quantitative estimate of drug-likeness (QED) is 0.392. The molecule has 0 unspecified atom stereocenters. The minimum absolute atomic E-state index is 0.0943. The summed E-state index contributed by atoms with van der Waals surface area (Å²) in [4.78, 5) is 21.3. The van der Waals surface area contributed by atoms with Gasteiger partial charge in [-0.15, -0.1) is 0 Å². The number of benzene rings is 2. The van der Waals surface area contributed by atoms with Crippen LogP contribution in [0.1, 0.15) is 6.92 Å². The first-order valence-corrected chi connectivity index (χ1v) is 11.4. The van der Waals surface area contributed by atoms with Crippen LogP contribution in [0.3, 0.4) is 0 Å². The fourth-order valence-corrected chi connectivity index (χ4v) is 5.03. The number of halogens is 4. The maximum atomic E-state index is 13.9. The number of nitrogens with zero attached hydrogens (tertiary/aromatic N) is 5. The SMILES string of the molecule is C/C(=C1\C(=O)N(c2nc3ccccc3s2)N=C1C(F)(F)F)N1CCN(c2ccc(F)cc2)CC1. The van der Waals surface area contributed by atoms with Gasteiger partial charge in [0.05, 0.1) is 15.8 Å². The normalized spacial score (nSPS) is 18.7. The summed E-state index contributed by atoms with van der Waals surface area (Å²) in [5, 5.41) is 4.51. The van der Waals surface area contributed by atoms with Gasteiger partial charge in [-0.1, -0.05) is 23.5 Å². The molecule has 1 fully saturated rings. The second kappa shape index (κ2) is 8.39. The molecule has 2 aromatic carbocycles. The van der Waals surface area contributed by atoms with Crippen LogP contribution < -0.4 is 9.91 Å². The third kappa shape index (κ3) is 4.00. The first-order chi connectivity index (χ1) is 16.2. The summed E-state index contributed by atoms with van der Waals surface area (Å²) >= 11 is 1.11. The van der Waals surface area contributed by atoms with Gasteiger partial charge >= 0.3 is 6.18 Å². The van der Waals surface area contributed by atoms with Crippen molar-refractivity contribution in [2.75, 3.05) is 36.1 Å². The maximum Gasteiger partial charge on any atom is 0.436 e. The molecule has 176 valence electrons. The zero-order valence-electron chi connectivity index (χ0n) is 18.0. The minimum Gasteiger partial charge on any atom is -0.371 e. The number of thiazole rings is 1. The van der Waals surface area contributed by atoms with E-state index in [2.05, 4.69) is 10.1 Å². The molecule has 6 nitrogen and oxygen atoms in total. The van der Waals surface area contributed by atoms with Gasteiger partial charge in [0, 0.05) is 37.6 Å². The highest BCUT2D eigenvalue weighted by Crippen LogP contribution is 2.37. The third-order valence-electron chi connectivity index (χ3n) is 5.88. The Morgan fingerprint density at radius 2 is 1.68 bits per heavy atom. The molecule has 0 aliphatic carbocycles. The zero-order chi connectivity index (χ0) is 24.0. The monoisotopic (exact) mass is 489 g/mol. The molecule has 0 bridgehead atoms. The molecule has 3 heterocycles. The Labute approximate surface area is 196 Å². The van der Waals surface area contributed by atoms with Gasteiger partial charge in [-0.3, -0.25) is 4.79 Å². The summed E-state index contributed by atoms with van der Waals surface area (Å²) in [7, 11) is 0. The number of hydrogen-bond acceptors (Lipinski definition) is 6. The number of allylic oxidation sites excluding steroid dienone is 1. The average molecular weight is 489 g/mol. The highest BCUT2D eigenvalue weighted by Gasteiger charge is 2.49. The first-order valence-electron chi connectivity index (χ1n) is 10.5. The van der Waals surface area contributed by atoms with E-state index >= 15 is 0 Å². The number of rotatable bonds is 3. The van der Waals surface area contributed by atoms with Crippen molar-refractivity contribution in [2.45, 2.75) is 13.1 Å². The number of carbonyl (C=O) groups is 1. The van der Waals surface area contributed by atoms with Gasteiger partial charge in [0.15, 0.2) is 5.71 Å². The van der Waals surface area contributed by atoms with Gasteiger partial charge < -0.3 is 9.80 Å². The molecule has 34 heavy (non-hydrogen) atoms. The van der Waals surface area contributed by atoms with Crippen molar-refractivity contribution >= 4 is 44.0 Å². The van der Waals surface area contributed by atoms with Crippen LogP contribution in [0.25, 0.3) is 10.2 Å². The van der Waals surface area contributed by atoms with Gasteiger partial charge in [-0.25, -0.2) is 9.37 Å². The largest absolute Gasteiger partial charge is 0.436 e. The number of fused-ring (bicyclic) bond motifs is 1. The number of amides is 1. The lowest BCUT2D eigenvalue weighted by Gasteiger charge is -2.38. The average Bonchev–Trinajstić information content (AvgIpc) is 3.40. The summed E-state index contributed by atoms with van der Waals surface area (Å²) in [6.45, 7) is 3.37. The Kier molecular flexibility index (Phi) is 5.51. The number of anilines is 2. The fraction of sp³-hybridized carbons (Fsp3) is 0.261. The summed E-state index contributed by atoms with van der Waals surface area (Å²) in [5.41, 5.74) is -0.0198. The van der Waals surface area contributed by atoms with E-state index in [9.17, 15) is 22.4 Å². The second-order valence-electron chi connectivity index (χ2n) is 7.94. The van der Waals surface area contributed by atoms with Crippen molar-refractivity contribution in [2.24, 2.45) is 5.10 Å². The molecule has 0 saturated carbocycles. The smallest absolute Gasteiger partial charge is 0.371 e. The predicted molar refractivity (Wildman–Crippen MR) is 123 cm³/mol. The van der Waals surface area contributed by atoms with Crippen LogP contribution in [0.15, 0.2) is 64.9 Å². The van der Waals surface area contributed by atoms with Crippen LogP contribution in [0, 0.1) is 5.82 Å². The van der Waals surface area contributed by atoms with Crippen molar-refractivity contribution < 1.29 is 22.4 Å². The van der Waals surface area contributed by atoms with Crippen molar-refractivity contribution in [1.29, 1.82) is 0 Å². The molecule has 3 aromatic rings. The molecule has 2 aliphatic rings. The van der Waals surface area contributed by atoms with Gasteiger partial charge in [0.25, 0.3) is 5.91 Å². The number of para-hydroxylation sites is 1. The van der Waals surface area contributed by atoms with Crippen LogP contribution in [0.5, 0.6) is 0 Å². The number of carbonyl (C=O) groups excluding carboxylic acids is 1. The van der Waals surface area contributed by atoms with E-state index in [-0.39, 0.29) is 16.6 Å². The molecule has 1 saturated heterocycles. The topological polar surface area (TPSA) is 52.0 Å². The molecule has 0 atom stereocenters. The summed E-state index contributed by atoms with van der Waals surface area (Å²) in [6.07, 6.45) is -4.80. The lowest BCUT2D eigenvalue weighted by atomic mass is 10.1. The van der Waals surface area contributed by atoms with E-state index in [1.54, 1.807) is 41.3 Å². The molecule has 2 aliphatic heterocycles. The van der Waals surface area contributed by atoms with Gasteiger partial charge in [-0.05, 0) is 43.3 Å². The Hall–Kier alpha value is -3.47. The molecule has 0 radical (unpaired) electrons.